The van der Waals surface area contributed by atoms with Gasteiger partial charge in [0.25, 0.3) is 0 Å². The van der Waals surface area contributed by atoms with Crippen molar-refractivity contribution in [3.05, 3.63) is 42.0 Å². The van der Waals surface area contributed by atoms with Crippen molar-refractivity contribution in [3.63, 3.8) is 0 Å². The van der Waals surface area contributed by atoms with Gasteiger partial charge in [0.05, 0.1) is 19.1 Å². The van der Waals surface area contributed by atoms with Gasteiger partial charge in [-0.3, -0.25) is 14.5 Å². The molecule has 0 radical (unpaired) electrons. The van der Waals surface area contributed by atoms with Gasteiger partial charge in [-0.2, -0.15) is 0 Å². The van der Waals surface area contributed by atoms with Crippen LogP contribution in [-0.2, 0) is 14.3 Å². The predicted molar refractivity (Wildman–Crippen MR) is 120 cm³/mol. The van der Waals surface area contributed by atoms with Gasteiger partial charge in [0.15, 0.2) is 5.11 Å². The molecule has 2 fully saturated rings. The molecule has 0 aromatic heterocycles. The van der Waals surface area contributed by atoms with E-state index in [9.17, 15) is 9.59 Å². The number of methoxy groups -OCH3 is 1. The van der Waals surface area contributed by atoms with Gasteiger partial charge in [-0.15, -0.1) is 0 Å². The van der Waals surface area contributed by atoms with Gasteiger partial charge < -0.3 is 15.0 Å². The third-order valence-corrected chi connectivity index (χ3v) is 6.86. The number of nitrogens with one attached hydrogen (secondary N) is 1. The second-order valence-corrected chi connectivity index (χ2v) is 8.67. The van der Waals surface area contributed by atoms with Crippen LogP contribution in [0.3, 0.4) is 0 Å². The Morgan fingerprint density at radius 3 is 2.77 bits per heavy atom. The van der Waals surface area contributed by atoms with E-state index in [-0.39, 0.29) is 29.7 Å². The van der Waals surface area contributed by atoms with Crippen molar-refractivity contribution >= 4 is 34.7 Å². The number of rotatable bonds is 5. The first-order valence-corrected chi connectivity index (χ1v) is 11.1. The first-order valence-electron chi connectivity index (χ1n) is 10.7. The summed E-state index contributed by atoms with van der Waals surface area (Å²) >= 11 is 5.41. The molecule has 0 bridgehead atoms. The molecule has 7 heteroatoms. The number of amides is 2. The van der Waals surface area contributed by atoms with Crippen LogP contribution in [0.5, 0.6) is 0 Å². The van der Waals surface area contributed by atoms with E-state index in [1.165, 1.54) is 11.1 Å². The van der Waals surface area contributed by atoms with Crippen molar-refractivity contribution in [2.75, 3.05) is 33.4 Å². The number of nitrogens with zero attached hydrogens (tertiary/aromatic N) is 2. The molecule has 1 aromatic rings. The van der Waals surface area contributed by atoms with Crippen LogP contribution in [-0.4, -0.2) is 66.1 Å². The molecular formula is C23H29N3O3S. The maximum atomic E-state index is 13.2. The van der Waals surface area contributed by atoms with Crippen LogP contribution in [0.2, 0.25) is 0 Å². The third kappa shape index (κ3) is 4.27. The van der Waals surface area contributed by atoms with Crippen molar-refractivity contribution in [1.82, 2.24) is 15.1 Å². The summed E-state index contributed by atoms with van der Waals surface area (Å²) in [5.41, 5.74) is 2.55. The summed E-state index contributed by atoms with van der Waals surface area (Å²) in [7, 11) is 1.61. The van der Waals surface area contributed by atoms with Gasteiger partial charge in [-0.05, 0) is 49.0 Å². The first-order chi connectivity index (χ1) is 14.6. The Morgan fingerprint density at radius 2 is 2.07 bits per heavy atom. The summed E-state index contributed by atoms with van der Waals surface area (Å²) in [6.45, 7) is 2.33. The molecule has 2 heterocycles. The van der Waals surface area contributed by atoms with E-state index in [4.69, 9.17) is 17.0 Å². The van der Waals surface area contributed by atoms with E-state index in [0.717, 1.165) is 25.8 Å². The van der Waals surface area contributed by atoms with Crippen molar-refractivity contribution in [2.24, 2.45) is 11.8 Å². The third-order valence-electron chi connectivity index (χ3n) is 6.52. The minimum atomic E-state index is -0.108. The van der Waals surface area contributed by atoms with Gasteiger partial charge in [0, 0.05) is 32.2 Å². The molecule has 3 atom stereocenters. The van der Waals surface area contributed by atoms with Crippen molar-refractivity contribution < 1.29 is 14.3 Å². The number of fused-ring (bicyclic) bond motifs is 1. The Bertz CT molecular complexity index is 841. The molecule has 0 spiro atoms. The lowest BCUT2D eigenvalue weighted by atomic mass is 9.76. The molecule has 3 aliphatic rings. The maximum absolute atomic E-state index is 13.2. The predicted octanol–water partition coefficient (Wildman–Crippen LogP) is 2.45. The fraction of sp³-hybridized carbons (Fsp3) is 0.522. The second-order valence-electron chi connectivity index (χ2n) is 8.28. The SMILES string of the molecule is COCCN1C(=O)C2CCC(C(=O)N3CC=C(c4ccccc4)CC3)CC2NC1=S. The number of benzene rings is 1. The van der Waals surface area contributed by atoms with Crippen molar-refractivity contribution in [3.8, 4) is 0 Å². The molecule has 1 saturated heterocycles. The lowest BCUT2D eigenvalue weighted by Gasteiger charge is -2.44. The van der Waals surface area contributed by atoms with Gasteiger partial charge in [-0.1, -0.05) is 36.4 Å². The van der Waals surface area contributed by atoms with Gasteiger partial charge in [-0.25, -0.2) is 0 Å². The van der Waals surface area contributed by atoms with Gasteiger partial charge >= 0.3 is 0 Å². The molecule has 1 saturated carbocycles. The van der Waals surface area contributed by atoms with Gasteiger partial charge in [0.2, 0.25) is 11.8 Å². The fourth-order valence-electron chi connectivity index (χ4n) is 4.82. The largest absolute Gasteiger partial charge is 0.383 e. The van der Waals surface area contributed by atoms with Gasteiger partial charge in [0.1, 0.15) is 0 Å². The Balaban J connectivity index is 1.36. The average molecular weight is 428 g/mol. The van der Waals surface area contributed by atoms with E-state index < -0.39 is 0 Å². The van der Waals surface area contributed by atoms with Crippen LogP contribution in [0.4, 0.5) is 0 Å². The molecule has 1 N–H and O–H groups in total. The van der Waals surface area contributed by atoms with Crippen LogP contribution >= 0.6 is 12.2 Å². The Hall–Kier alpha value is -2.25. The summed E-state index contributed by atoms with van der Waals surface area (Å²) in [6, 6.07) is 10.3. The first kappa shape index (κ1) is 21.0. The molecule has 160 valence electrons. The highest BCUT2D eigenvalue weighted by Crippen LogP contribution is 2.34. The lowest BCUT2D eigenvalue weighted by molar-refractivity contribution is -0.141. The summed E-state index contributed by atoms with van der Waals surface area (Å²) in [5, 5.41) is 3.78. The van der Waals surface area contributed by atoms with E-state index in [2.05, 4.69) is 23.5 Å². The molecule has 6 nitrogen and oxygen atoms in total. The van der Waals surface area contributed by atoms with Crippen LogP contribution in [0.25, 0.3) is 5.57 Å². The average Bonchev–Trinajstić information content (AvgIpc) is 2.79. The number of hydrogen-bond donors (Lipinski definition) is 1. The molecule has 1 aliphatic carbocycles. The van der Waals surface area contributed by atoms with Crippen LogP contribution in [0.1, 0.15) is 31.2 Å². The Labute approximate surface area is 183 Å². The van der Waals surface area contributed by atoms with Crippen molar-refractivity contribution in [2.45, 2.75) is 31.7 Å². The summed E-state index contributed by atoms with van der Waals surface area (Å²) < 4.78 is 5.09. The number of carbonyl (C=O) groups excluding carboxylic acids is 2. The zero-order chi connectivity index (χ0) is 21.1. The molecule has 4 rings (SSSR count). The number of carbonyl (C=O) groups is 2. The standard InChI is InChI=1S/C23H29N3O3S/c1-29-14-13-26-22(28)19-8-7-18(15-20(19)24-23(26)30)21(27)25-11-9-17(10-12-25)16-5-3-2-4-6-16/h2-6,9,18-20H,7-8,10-15H2,1H3,(H,24,30). The topological polar surface area (TPSA) is 61.9 Å². The second kappa shape index (κ2) is 9.27. The van der Waals surface area contributed by atoms with Crippen LogP contribution in [0.15, 0.2) is 36.4 Å². The summed E-state index contributed by atoms with van der Waals surface area (Å²) in [5.74, 6) is 0.119. The molecule has 2 aliphatic heterocycles. The quantitative estimate of drug-likeness (QED) is 0.732. The number of thiocarbonyl (C=S) groups is 1. The highest BCUT2D eigenvalue weighted by atomic mass is 32.1. The molecule has 3 unspecified atom stereocenters. The van der Waals surface area contributed by atoms with E-state index in [1.54, 1.807) is 12.0 Å². The fourth-order valence-corrected chi connectivity index (χ4v) is 5.16. The number of ether oxygens (including phenoxy) is 1. The summed E-state index contributed by atoms with van der Waals surface area (Å²) in [4.78, 5) is 29.6. The molecule has 2 amide bonds. The smallest absolute Gasteiger partial charge is 0.233 e. The minimum absolute atomic E-state index is 0.0493. The van der Waals surface area contributed by atoms with E-state index >= 15 is 0 Å². The van der Waals surface area contributed by atoms with E-state index in [0.29, 0.717) is 31.2 Å². The Morgan fingerprint density at radius 1 is 1.27 bits per heavy atom. The van der Waals surface area contributed by atoms with E-state index in [1.807, 2.05) is 23.1 Å². The molecule has 30 heavy (non-hydrogen) atoms. The normalized spacial score (nSPS) is 26.7. The Kier molecular flexibility index (Phi) is 6.49. The van der Waals surface area contributed by atoms with Crippen LogP contribution in [0, 0.1) is 11.8 Å². The highest BCUT2D eigenvalue weighted by Gasteiger charge is 2.44. The summed E-state index contributed by atoms with van der Waals surface area (Å²) in [6.07, 6.45) is 5.19. The monoisotopic (exact) mass is 427 g/mol. The zero-order valence-electron chi connectivity index (χ0n) is 17.4. The lowest BCUT2D eigenvalue weighted by Crippen LogP contribution is -2.62. The van der Waals surface area contributed by atoms with Crippen molar-refractivity contribution in [1.29, 1.82) is 0 Å². The molecule has 1 aromatic carbocycles. The minimum Gasteiger partial charge on any atom is -0.383 e. The molecular weight excluding hydrogens is 398 g/mol. The van der Waals surface area contributed by atoms with Crippen LogP contribution < -0.4 is 5.32 Å². The highest BCUT2D eigenvalue weighted by molar-refractivity contribution is 7.80. The number of hydrogen-bond acceptors (Lipinski definition) is 4. The zero-order valence-corrected chi connectivity index (χ0v) is 18.2. The maximum Gasteiger partial charge on any atom is 0.233 e.